The molecule has 0 aliphatic heterocycles. The molecule has 1 aliphatic carbocycles. The first-order valence-electron chi connectivity index (χ1n) is 9.16. The standard InChI is InChI=1S/C20H23N5O/c1-2-13-4-3-5-17(13)24-20(26)14-6-8-18-15(10-14)11-23-25(18)19-9-7-16(21)12-22-19/h6-13,17H,2-5,21H2,1H3,(H,24,26). The number of fused-ring (bicyclic) bond motifs is 1. The number of amides is 1. The molecule has 1 amide bonds. The quantitative estimate of drug-likeness (QED) is 0.756. The fraction of sp³-hybridized carbons (Fsp3) is 0.350. The summed E-state index contributed by atoms with van der Waals surface area (Å²) in [6.45, 7) is 2.20. The van der Waals surface area contributed by atoms with Crippen molar-refractivity contribution in [3.05, 3.63) is 48.3 Å². The number of benzene rings is 1. The maximum absolute atomic E-state index is 12.7. The smallest absolute Gasteiger partial charge is 0.251 e. The number of carbonyl (C=O) groups excluding carboxylic acids is 1. The summed E-state index contributed by atoms with van der Waals surface area (Å²) in [7, 11) is 0. The van der Waals surface area contributed by atoms with E-state index in [1.807, 2.05) is 24.3 Å². The largest absolute Gasteiger partial charge is 0.397 e. The van der Waals surface area contributed by atoms with Crippen molar-refractivity contribution < 1.29 is 4.79 Å². The second-order valence-corrected chi connectivity index (χ2v) is 6.96. The summed E-state index contributed by atoms with van der Waals surface area (Å²) < 4.78 is 1.75. The molecule has 134 valence electrons. The summed E-state index contributed by atoms with van der Waals surface area (Å²) in [5.41, 5.74) is 7.89. The average Bonchev–Trinajstić information content (AvgIpc) is 3.28. The number of nitrogens with zero attached hydrogens (tertiary/aromatic N) is 3. The van der Waals surface area contributed by atoms with E-state index in [1.54, 1.807) is 23.1 Å². The summed E-state index contributed by atoms with van der Waals surface area (Å²) >= 11 is 0. The Labute approximate surface area is 152 Å². The summed E-state index contributed by atoms with van der Waals surface area (Å²) in [5, 5.41) is 8.53. The second kappa shape index (κ2) is 6.78. The van der Waals surface area contributed by atoms with Gasteiger partial charge >= 0.3 is 0 Å². The predicted molar refractivity (Wildman–Crippen MR) is 102 cm³/mol. The lowest BCUT2D eigenvalue weighted by molar-refractivity contribution is 0.0927. The van der Waals surface area contributed by atoms with E-state index in [2.05, 4.69) is 22.3 Å². The van der Waals surface area contributed by atoms with Crippen molar-refractivity contribution in [1.82, 2.24) is 20.1 Å². The fourth-order valence-electron chi connectivity index (χ4n) is 3.85. The minimum Gasteiger partial charge on any atom is -0.397 e. The lowest BCUT2D eigenvalue weighted by Crippen LogP contribution is -2.37. The first kappa shape index (κ1) is 16.6. The van der Waals surface area contributed by atoms with Gasteiger partial charge < -0.3 is 11.1 Å². The number of nitrogens with one attached hydrogen (secondary N) is 1. The molecule has 2 heterocycles. The molecule has 0 saturated heterocycles. The number of anilines is 1. The van der Waals surface area contributed by atoms with Crippen LogP contribution in [0, 0.1) is 5.92 Å². The third kappa shape index (κ3) is 3.03. The molecular weight excluding hydrogens is 326 g/mol. The zero-order valence-electron chi connectivity index (χ0n) is 14.9. The van der Waals surface area contributed by atoms with Crippen LogP contribution in [-0.4, -0.2) is 26.7 Å². The van der Waals surface area contributed by atoms with E-state index in [0.29, 0.717) is 29.0 Å². The number of hydrogen-bond donors (Lipinski definition) is 2. The van der Waals surface area contributed by atoms with Crippen LogP contribution in [0.25, 0.3) is 16.7 Å². The van der Waals surface area contributed by atoms with E-state index >= 15 is 0 Å². The van der Waals surface area contributed by atoms with Gasteiger partial charge in [-0.25, -0.2) is 9.67 Å². The van der Waals surface area contributed by atoms with E-state index in [-0.39, 0.29) is 5.91 Å². The molecule has 2 aromatic heterocycles. The van der Waals surface area contributed by atoms with Crippen LogP contribution in [0.5, 0.6) is 0 Å². The van der Waals surface area contributed by atoms with Crippen LogP contribution in [-0.2, 0) is 0 Å². The van der Waals surface area contributed by atoms with Crippen molar-refractivity contribution in [3.63, 3.8) is 0 Å². The van der Waals surface area contributed by atoms with Crippen LogP contribution in [0.2, 0.25) is 0 Å². The SMILES string of the molecule is CCC1CCCC1NC(=O)c1ccc2c(cnn2-c2ccc(N)cn2)c1. The molecule has 3 N–H and O–H groups in total. The maximum atomic E-state index is 12.7. The third-order valence-electron chi connectivity index (χ3n) is 5.32. The Bertz CT molecular complexity index is 931. The summed E-state index contributed by atoms with van der Waals surface area (Å²) in [4.78, 5) is 17.0. The lowest BCUT2D eigenvalue weighted by Gasteiger charge is -2.19. The van der Waals surface area contributed by atoms with Gasteiger partial charge in [0.15, 0.2) is 5.82 Å². The first-order valence-corrected chi connectivity index (χ1v) is 9.16. The number of hydrogen-bond acceptors (Lipinski definition) is 4. The van der Waals surface area contributed by atoms with Crippen molar-refractivity contribution in [3.8, 4) is 5.82 Å². The van der Waals surface area contributed by atoms with Crippen molar-refractivity contribution in [1.29, 1.82) is 0 Å². The highest BCUT2D eigenvalue weighted by molar-refractivity contribution is 5.98. The van der Waals surface area contributed by atoms with Gasteiger partial charge in [-0.3, -0.25) is 4.79 Å². The lowest BCUT2D eigenvalue weighted by atomic mass is 10.0. The molecule has 0 radical (unpaired) electrons. The van der Waals surface area contributed by atoms with Gasteiger partial charge in [-0.1, -0.05) is 19.8 Å². The van der Waals surface area contributed by atoms with Gasteiger partial charge in [0.2, 0.25) is 0 Å². The summed E-state index contributed by atoms with van der Waals surface area (Å²) in [5.74, 6) is 1.29. The number of pyridine rings is 1. The van der Waals surface area contributed by atoms with Crippen molar-refractivity contribution in [2.24, 2.45) is 5.92 Å². The van der Waals surface area contributed by atoms with E-state index in [1.165, 1.54) is 12.8 Å². The maximum Gasteiger partial charge on any atom is 0.251 e. The summed E-state index contributed by atoms with van der Waals surface area (Å²) in [6.07, 6.45) is 7.97. The second-order valence-electron chi connectivity index (χ2n) is 6.96. The van der Waals surface area contributed by atoms with Gasteiger partial charge in [-0.05, 0) is 49.1 Å². The molecule has 26 heavy (non-hydrogen) atoms. The highest BCUT2D eigenvalue weighted by Gasteiger charge is 2.27. The molecule has 3 aromatic rings. The highest BCUT2D eigenvalue weighted by atomic mass is 16.1. The molecule has 4 rings (SSSR count). The van der Waals surface area contributed by atoms with Gasteiger partial charge in [-0.15, -0.1) is 0 Å². The molecule has 0 bridgehead atoms. The number of carbonyl (C=O) groups is 1. The van der Waals surface area contributed by atoms with Crippen LogP contribution in [0.1, 0.15) is 43.0 Å². The molecule has 0 spiro atoms. The van der Waals surface area contributed by atoms with Crippen LogP contribution in [0.4, 0.5) is 5.69 Å². The normalized spacial score (nSPS) is 19.7. The Morgan fingerprint density at radius 3 is 2.92 bits per heavy atom. The van der Waals surface area contributed by atoms with Gasteiger partial charge in [0.05, 0.1) is 23.6 Å². The van der Waals surface area contributed by atoms with Crippen LogP contribution < -0.4 is 11.1 Å². The van der Waals surface area contributed by atoms with Crippen molar-refractivity contribution >= 4 is 22.5 Å². The number of rotatable bonds is 4. The Balaban J connectivity index is 1.58. The minimum absolute atomic E-state index is 0.00407. The van der Waals surface area contributed by atoms with Crippen LogP contribution in [0.15, 0.2) is 42.7 Å². The van der Waals surface area contributed by atoms with E-state index in [4.69, 9.17) is 5.73 Å². The van der Waals surface area contributed by atoms with Gasteiger partial charge in [0, 0.05) is 17.0 Å². The number of nitrogen functional groups attached to an aromatic ring is 1. The molecule has 1 aliphatic rings. The molecule has 6 heteroatoms. The third-order valence-corrected chi connectivity index (χ3v) is 5.32. The monoisotopic (exact) mass is 349 g/mol. The molecule has 2 unspecified atom stereocenters. The van der Waals surface area contributed by atoms with Gasteiger partial charge in [-0.2, -0.15) is 5.10 Å². The van der Waals surface area contributed by atoms with Gasteiger partial charge in [0.25, 0.3) is 5.91 Å². The predicted octanol–water partition coefficient (Wildman–Crippen LogP) is 3.31. The highest BCUT2D eigenvalue weighted by Crippen LogP contribution is 2.28. The number of aromatic nitrogens is 3. The summed E-state index contributed by atoms with van der Waals surface area (Å²) in [6, 6.07) is 9.58. The molecular formula is C20H23N5O. The molecule has 1 saturated carbocycles. The zero-order chi connectivity index (χ0) is 18.1. The Morgan fingerprint density at radius 1 is 1.27 bits per heavy atom. The molecule has 1 aromatic carbocycles. The molecule has 1 fully saturated rings. The topological polar surface area (TPSA) is 85.8 Å². The first-order chi connectivity index (χ1) is 12.7. The van der Waals surface area contributed by atoms with Crippen molar-refractivity contribution in [2.75, 3.05) is 5.73 Å². The van der Waals surface area contributed by atoms with Crippen LogP contribution >= 0.6 is 0 Å². The molecule has 6 nitrogen and oxygen atoms in total. The van der Waals surface area contributed by atoms with E-state index in [9.17, 15) is 4.79 Å². The van der Waals surface area contributed by atoms with Crippen molar-refractivity contribution in [2.45, 2.75) is 38.6 Å². The minimum atomic E-state index is -0.00407. The van der Waals surface area contributed by atoms with E-state index in [0.717, 1.165) is 23.7 Å². The fourth-order valence-corrected chi connectivity index (χ4v) is 3.85. The van der Waals surface area contributed by atoms with Crippen LogP contribution in [0.3, 0.4) is 0 Å². The number of nitrogens with two attached hydrogens (primary N) is 1. The average molecular weight is 349 g/mol. The van der Waals surface area contributed by atoms with Gasteiger partial charge in [0.1, 0.15) is 0 Å². The Morgan fingerprint density at radius 2 is 2.15 bits per heavy atom. The zero-order valence-corrected chi connectivity index (χ0v) is 14.9. The Kier molecular flexibility index (Phi) is 4.32. The molecule has 2 atom stereocenters. The Hall–Kier alpha value is -2.89. The van der Waals surface area contributed by atoms with E-state index < -0.39 is 0 Å².